The highest BCUT2D eigenvalue weighted by Gasteiger charge is 2.28. The number of allylic oxidation sites excluding steroid dienone is 1. The Balaban J connectivity index is 1.78. The second-order valence-corrected chi connectivity index (χ2v) is 3.96. The zero-order valence-electron chi connectivity index (χ0n) is 7.05. The van der Waals surface area contributed by atoms with Crippen molar-refractivity contribution >= 4 is 0 Å². The number of nitrogens with two attached hydrogens (primary N) is 1. The van der Waals surface area contributed by atoms with Gasteiger partial charge >= 0.3 is 0 Å². The molecule has 0 aromatic heterocycles. The lowest BCUT2D eigenvalue weighted by Crippen LogP contribution is -2.22. The van der Waals surface area contributed by atoms with E-state index in [1.807, 2.05) is 0 Å². The lowest BCUT2D eigenvalue weighted by Gasteiger charge is -2.09. The highest BCUT2D eigenvalue weighted by atomic mass is 14.7. The minimum absolute atomic E-state index is 0.486. The molecule has 0 aromatic carbocycles. The Morgan fingerprint density at radius 1 is 1.55 bits per heavy atom. The summed E-state index contributed by atoms with van der Waals surface area (Å²) in [4.78, 5) is 0. The lowest BCUT2D eigenvalue weighted by molar-refractivity contribution is 0.582. The van der Waals surface area contributed by atoms with Crippen LogP contribution in [0.4, 0.5) is 0 Å². The SMILES string of the molecule is NC(CC1=CCCC1)C1CC1. The van der Waals surface area contributed by atoms with Crippen molar-refractivity contribution in [3.05, 3.63) is 11.6 Å². The van der Waals surface area contributed by atoms with Crippen molar-refractivity contribution in [2.24, 2.45) is 11.7 Å². The Labute approximate surface area is 68.7 Å². The van der Waals surface area contributed by atoms with Crippen LogP contribution in [0.5, 0.6) is 0 Å². The van der Waals surface area contributed by atoms with Gasteiger partial charge in [-0.05, 0) is 44.4 Å². The van der Waals surface area contributed by atoms with Gasteiger partial charge in [0, 0.05) is 6.04 Å². The van der Waals surface area contributed by atoms with Gasteiger partial charge in [-0.15, -0.1) is 0 Å². The van der Waals surface area contributed by atoms with E-state index in [4.69, 9.17) is 5.73 Å². The Morgan fingerprint density at radius 2 is 2.36 bits per heavy atom. The van der Waals surface area contributed by atoms with E-state index < -0.39 is 0 Å². The topological polar surface area (TPSA) is 26.0 Å². The first-order valence-corrected chi connectivity index (χ1v) is 4.80. The molecule has 0 bridgehead atoms. The van der Waals surface area contributed by atoms with Gasteiger partial charge in [0.1, 0.15) is 0 Å². The first kappa shape index (κ1) is 7.35. The first-order valence-electron chi connectivity index (χ1n) is 4.80. The standard InChI is InChI=1S/C10H17N/c11-10(9-5-6-9)7-8-3-1-2-4-8/h3,9-10H,1-2,4-7,11H2. The third-order valence-electron chi connectivity index (χ3n) is 2.86. The largest absolute Gasteiger partial charge is 0.327 e. The molecule has 11 heavy (non-hydrogen) atoms. The molecular weight excluding hydrogens is 134 g/mol. The Morgan fingerprint density at radius 3 is 2.91 bits per heavy atom. The van der Waals surface area contributed by atoms with E-state index in [-0.39, 0.29) is 0 Å². The van der Waals surface area contributed by atoms with Gasteiger partial charge in [0.2, 0.25) is 0 Å². The minimum Gasteiger partial charge on any atom is -0.327 e. The van der Waals surface area contributed by atoms with Gasteiger partial charge in [-0.1, -0.05) is 11.6 Å². The van der Waals surface area contributed by atoms with Crippen LogP contribution >= 0.6 is 0 Å². The lowest BCUT2D eigenvalue weighted by atomic mass is 10.0. The van der Waals surface area contributed by atoms with Gasteiger partial charge in [-0.3, -0.25) is 0 Å². The highest BCUT2D eigenvalue weighted by Crippen LogP contribution is 2.35. The molecule has 0 aliphatic heterocycles. The maximum atomic E-state index is 6.02. The summed E-state index contributed by atoms with van der Waals surface area (Å²) in [6, 6.07) is 0.486. The van der Waals surface area contributed by atoms with E-state index in [1.54, 1.807) is 5.57 Å². The Kier molecular flexibility index (Phi) is 1.99. The van der Waals surface area contributed by atoms with Crippen molar-refractivity contribution in [1.82, 2.24) is 0 Å². The summed E-state index contributed by atoms with van der Waals surface area (Å²) >= 11 is 0. The van der Waals surface area contributed by atoms with Crippen LogP contribution in [0.2, 0.25) is 0 Å². The Hall–Kier alpha value is -0.300. The van der Waals surface area contributed by atoms with Crippen molar-refractivity contribution in [2.75, 3.05) is 0 Å². The van der Waals surface area contributed by atoms with Crippen LogP contribution in [0.25, 0.3) is 0 Å². The van der Waals surface area contributed by atoms with Gasteiger partial charge in [-0.25, -0.2) is 0 Å². The third kappa shape index (κ3) is 1.84. The number of hydrogen-bond acceptors (Lipinski definition) is 1. The molecule has 0 spiro atoms. The molecule has 0 aromatic rings. The summed E-state index contributed by atoms with van der Waals surface area (Å²) in [5.41, 5.74) is 7.65. The molecule has 2 aliphatic carbocycles. The van der Waals surface area contributed by atoms with Crippen molar-refractivity contribution in [1.29, 1.82) is 0 Å². The quantitative estimate of drug-likeness (QED) is 0.615. The van der Waals surface area contributed by atoms with Crippen LogP contribution in [-0.4, -0.2) is 6.04 Å². The molecule has 0 radical (unpaired) electrons. The maximum Gasteiger partial charge on any atom is 0.0105 e. The van der Waals surface area contributed by atoms with Crippen LogP contribution in [0.1, 0.15) is 38.5 Å². The van der Waals surface area contributed by atoms with Gasteiger partial charge < -0.3 is 5.73 Å². The molecule has 2 N–H and O–H groups in total. The molecule has 1 heteroatoms. The zero-order valence-corrected chi connectivity index (χ0v) is 7.05. The fraction of sp³-hybridized carbons (Fsp3) is 0.800. The molecule has 0 amide bonds. The molecule has 0 saturated heterocycles. The van der Waals surface area contributed by atoms with Gasteiger partial charge in [-0.2, -0.15) is 0 Å². The molecule has 2 rings (SSSR count). The molecule has 1 unspecified atom stereocenters. The number of rotatable bonds is 3. The van der Waals surface area contributed by atoms with Crippen molar-refractivity contribution in [3.8, 4) is 0 Å². The van der Waals surface area contributed by atoms with Crippen LogP contribution in [0, 0.1) is 5.92 Å². The van der Waals surface area contributed by atoms with Gasteiger partial charge in [0.25, 0.3) is 0 Å². The fourth-order valence-corrected chi connectivity index (χ4v) is 1.92. The molecule has 1 fully saturated rings. The summed E-state index contributed by atoms with van der Waals surface area (Å²) in [5, 5.41) is 0. The van der Waals surface area contributed by atoms with E-state index >= 15 is 0 Å². The first-order chi connectivity index (χ1) is 5.36. The molecule has 1 saturated carbocycles. The average molecular weight is 151 g/mol. The fourth-order valence-electron chi connectivity index (χ4n) is 1.92. The van der Waals surface area contributed by atoms with E-state index in [0.717, 1.165) is 5.92 Å². The zero-order chi connectivity index (χ0) is 7.68. The normalized spacial score (nSPS) is 26.8. The summed E-state index contributed by atoms with van der Waals surface area (Å²) in [5.74, 6) is 0.872. The van der Waals surface area contributed by atoms with Crippen molar-refractivity contribution in [2.45, 2.75) is 44.6 Å². The van der Waals surface area contributed by atoms with Crippen LogP contribution in [-0.2, 0) is 0 Å². The predicted octanol–water partition coefficient (Wildman–Crippen LogP) is 2.22. The van der Waals surface area contributed by atoms with E-state index in [2.05, 4.69) is 6.08 Å². The predicted molar refractivity (Wildman–Crippen MR) is 47.3 cm³/mol. The van der Waals surface area contributed by atoms with E-state index in [1.165, 1.54) is 38.5 Å². The average Bonchev–Trinajstić information content (AvgIpc) is 2.73. The van der Waals surface area contributed by atoms with Crippen LogP contribution in [0.15, 0.2) is 11.6 Å². The van der Waals surface area contributed by atoms with Gasteiger partial charge in [0.05, 0.1) is 0 Å². The summed E-state index contributed by atoms with van der Waals surface area (Å²) in [6.45, 7) is 0. The molecular formula is C10H17N. The molecule has 0 heterocycles. The number of hydrogen-bond donors (Lipinski definition) is 1. The van der Waals surface area contributed by atoms with Crippen molar-refractivity contribution < 1.29 is 0 Å². The second-order valence-electron chi connectivity index (χ2n) is 3.96. The van der Waals surface area contributed by atoms with E-state index in [0.29, 0.717) is 6.04 Å². The minimum atomic E-state index is 0.486. The van der Waals surface area contributed by atoms with Crippen LogP contribution in [0.3, 0.4) is 0 Å². The van der Waals surface area contributed by atoms with Crippen LogP contribution < -0.4 is 5.73 Å². The molecule has 62 valence electrons. The molecule has 2 aliphatic rings. The van der Waals surface area contributed by atoms with E-state index in [9.17, 15) is 0 Å². The smallest absolute Gasteiger partial charge is 0.0105 e. The second kappa shape index (κ2) is 2.98. The summed E-state index contributed by atoms with van der Waals surface area (Å²) in [6.07, 6.45) is 10.3. The highest BCUT2D eigenvalue weighted by molar-refractivity contribution is 5.10. The van der Waals surface area contributed by atoms with Crippen molar-refractivity contribution in [3.63, 3.8) is 0 Å². The Bertz CT molecular complexity index is 168. The summed E-state index contributed by atoms with van der Waals surface area (Å²) in [7, 11) is 0. The summed E-state index contributed by atoms with van der Waals surface area (Å²) < 4.78 is 0. The molecule has 1 atom stereocenters. The maximum absolute atomic E-state index is 6.02. The molecule has 1 nitrogen and oxygen atoms in total. The van der Waals surface area contributed by atoms with Gasteiger partial charge in [0.15, 0.2) is 0 Å². The monoisotopic (exact) mass is 151 g/mol. The third-order valence-corrected chi connectivity index (χ3v) is 2.86.